The SMILES string of the molecule is CCC1=[C]([Zr+2](=[C](c2ccc(C(C)(C)C)cc2)c2ccc(C(C)(C)C)cc2)[CH]2c3ccccc3-c3ccccc32)C(CC)C=C1C(C)(C)C.[Cl-].[Cl-]. The average Bonchev–Trinajstić information content (AvgIpc) is 3.59. The number of hydrogen-bond donors (Lipinski definition) is 0. The molecule has 1 unspecified atom stereocenters. The molecule has 6 rings (SSSR count). The van der Waals surface area contributed by atoms with E-state index in [9.17, 15) is 0 Å². The topological polar surface area (TPSA) is 0 Å². The molecule has 0 radical (unpaired) electrons. The van der Waals surface area contributed by atoms with E-state index in [4.69, 9.17) is 0 Å². The minimum Gasteiger partial charge on any atom is -1.00 e. The van der Waals surface area contributed by atoms with E-state index in [2.05, 4.69) is 179 Å². The number of benzene rings is 4. The summed E-state index contributed by atoms with van der Waals surface area (Å²) in [6.45, 7) is 26.1. The number of allylic oxidation sites excluding steroid dienone is 4. The summed E-state index contributed by atoms with van der Waals surface area (Å²) < 4.78 is 3.90. The summed E-state index contributed by atoms with van der Waals surface area (Å²) in [5.41, 5.74) is 15.2. The van der Waals surface area contributed by atoms with Gasteiger partial charge in [0.05, 0.1) is 0 Å². The average molecular weight is 783 g/mol. The van der Waals surface area contributed by atoms with E-state index in [-0.39, 0.29) is 41.1 Å². The number of rotatable bonds is 6. The Balaban J connectivity index is 0.00000281. The van der Waals surface area contributed by atoms with E-state index in [0.29, 0.717) is 9.54 Å². The van der Waals surface area contributed by atoms with Crippen molar-refractivity contribution in [2.45, 2.75) is 103 Å². The van der Waals surface area contributed by atoms with Gasteiger partial charge in [0.15, 0.2) is 0 Å². The zero-order valence-electron chi connectivity index (χ0n) is 32.1. The summed E-state index contributed by atoms with van der Waals surface area (Å²) in [4.78, 5) is 0. The molecule has 0 saturated heterocycles. The van der Waals surface area contributed by atoms with Gasteiger partial charge in [-0.25, -0.2) is 0 Å². The fourth-order valence-electron chi connectivity index (χ4n) is 8.17. The maximum absolute atomic E-state index is 2.92. The molecule has 0 aromatic heterocycles. The molecule has 2 aliphatic rings. The minimum atomic E-state index is -2.92. The number of hydrogen-bond acceptors (Lipinski definition) is 0. The van der Waals surface area contributed by atoms with Crippen LogP contribution >= 0.6 is 0 Å². The molecule has 0 nitrogen and oxygen atoms in total. The van der Waals surface area contributed by atoms with Crippen molar-refractivity contribution < 1.29 is 46.1 Å². The quantitative estimate of drug-likeness (QED) is 0.199. The summed E-state index contributed by atoms with van der Waals surface area (Å²) in [5, 5.41) is 0. The second-order valence-corrected chi connectivity index (χ2v) is 23.1. The van der Waals surface area contributed by atoms with Gasteiger partial charge in [0, 0.05) is 0 Å². The molecule has 0 bridgehead atoms. The molecule has 0 spiro atoms. The first kappa shape index (κ1) is 40.5. The van der Waals surface area contributed by atoms with Crippen LogP contribution in [0.2, 0.25) is 0 Å². The molecular formula is C47H56Cl2Zr. The van der Waals surface area contributed by atoms with Gasteiger partial charge in [0.1, 0.15) is 0 Å². The largest absolute Gasteiger partial charge is 1.00 e. The zero-order valence-corrected chi connectivity index (χ0v) is 36.1. The Bertz CT molecular complexity index is 1810. The van der Waals surface area contributed by atoms with Gasteiger partial charge in [-0.05, 0) is 0 Å². The van der Waals surface area contributed by atoms with Crippen LogP contribution in [-0.2, 0) is 32.1 Å². The van der Waals surface area contributed by atoms with Crippen molar-refractivity contribution in [2.75, 3.05) is 0 Å². The van der Waals surface area contributed by atoms with Crippen LogP contribution in [0.15, 0.2) is 118 Å². The van der Waals surface area contributed by atoms with Gasteiger partial charge in [-0.2, -0.15) is 0 Å². The third-order valence-corrected chi connectivity index (χ3v) is 19.5. The normalized spacial score (nSPS) is 15.7. The summed E-state index contributed by atoms with van der Waals surface area (Å²) >= 11 is -2.92. The molecular weight excluding hydrogens is 727 g/mol. The van der Waals surface area contributed by atoms with E-state index < -0.39 is 21.3 Å². The van der Waals surface area contributed by atoms with Gasteiger partial charge in [0.25, 0.3) is 0 Å². The van der Waals surface area contributed by atoms with Gasteiger partial charge in [0.2, 0.25) is 0 Å². The zero-order chi connectivity index (χ0) is 34.6. The predicted octanol–water partition coefficient (Wildman–Crippen LogP) is 6.92. The van der Waals surface area contributed by atoms with Gasteiger partial charge in [-0.3, -0.25) is 0 Å². The first-order chi connectivity index (χ1) is 22.6. The molecule has 262 valence electrons. The summed E-state index contributed by atoms with van der Waals surface area (Å²) in [5.74, 6) is 0.487. The molecule has 0 heterocycles. The fourth-order valence-corrected chi connectivity index (χ4v) is 18.7. The number of fused-ring (bicyclic) bond motifs is 3. The molecule has 1 atom stereocenters. The maximum atomic E-state index is 2.70. The Morgan fingerprint density at radius 1 is 0.560 bits per heavy atom. The Morgan fingerprint density at radius 2 is 0.980 bits per heavy atom. The minimum absolute atomic E-state index is 0. The van der Waals surface area contributed by atoms with E-state index in [1.807, 2.05) is 3.28 Å². The molecule has 2 aliphatic carbocycles. The fraction of sp³-hybridized carbons (Fsp3) is 0.383. The molecule has 0 fully saturated rings. The summed E-state index contributed by atoms with van der Waals surface area (Å²) in [6, 6.07) is 38.3. The van der Waals surface area contributed by atoms with Crippen molar-refractivity contribution in [2.24, 2.45) is 11.3 Å². The summed E-state index contributed by atoms with van der Waals surface area (Å²) in [6.07, 6.45) is 4.94. The Hall–Kier alpha value is -2.31. The van der Waals surface area contributed by atoms with Crippen molar-refractivity contribution >= 4 is 3.21 Å². The first-order valence-corrected chi connectivity index (χ1v) is 22.1. The Morgan fingerprint density at radius 3 is 1.34 bits per heavy atom. The van der Waals surface area contributed by atoms with Crippen LogP contribution in [0.5, 0.6) is 0 Å². The Kier molecular flexibility index (Phi) is 12.4. The third kappa shape index (κ3) is 7.59. The molecule has 0 N–H and O–H groups in total. The van der Waals surface area contributed by atoms with Crippen molar-refractivity contribution in [3.05, 3.63) is 151 Å². The van der Waals surface area contributed by atoms with Gasteiger partial charge in [-0.15, -0.1) is 0 Å². The van der Waals surface area contributed by atoms with E-state index in [1.165, 1.54) is 33.4 Å². The Labute approximate surface area is 323 Å². The molecule has 4 aromatic carbocycles. The van der Waals surface area contributed by atoms with Crippen molar-refractivity contribution in [3.8, 4) is 11.1 Å². The maximum Gasteiger partial charge on any atom is -1.00 e. The molecule has 3 heteroatoms. The monoisotopic (exact) mass is 780 g/mol. The van der Waals surface area contributed by atoms with Crippen molar-refractivity contribution in [1.82, 2.24) is 0 Å². The van der Waals surface area contributed by atoms with Crippen LogP contribution < -0.4 is 24.8 Å². The van der Waals surface area contributed by atoms with Crippen LogP contribution in [0.25, 0.3) is 11.1 Å². The second-order valence-electron chi connectivity index (χ2n) is 17.1. The molecule has 4 aromatic rings. The second kappa shape index (κ2) is 15.4. The van der Waals surface area contributed by atoms with E-state index >= 15 is 0 Å². The molecule has 0 amide bonds. The smallest absolute Gasteiger partial charge is 1.00 e. The van der Waals surface area contributed by atoms with Crippen LogP contribution in [-0.4, -0.2) is 3.21 Å². The summed E-state index contributed by atoms with van der Waals surface area (Å²) in [7, 11) is 0. The van der Waals surface area contributed by atoms with Gasteiger partial charge in [-0.1, -0.05) is 0 Å². The van der Waals surface area contributed by atoms with Crippen LogP contribution in [0.3, 0.4) is 0 Å². The number of halogens is 2. The molecule has 0 aliphatic heterocycles. The van der Waals surface area contributed by atoms with Crippen LogP contribution in [0.4, 0.5) is 0 Å². The van der Waals surface area contributed by atoms with E-state index in [0.717, 1.165) is 12.8 Å². The van der Waals surface area contributed by atoms with Gasteiger partial charge >= 0.3 is 301 Å². The third-order valence-electron chi connectivity index (χ3n) is 10.8. The molecule has 0 saturated carbocycles. The predicted molar refractivity (Wildman–Crippen MR) is 206 cm³/mol. The first-order valence-electron chi connectivity index (χ1n) is 18.3. The molecule has 50 heavy (non-hydrogen) atoms. The van der Waals surface area contributed by atoms with Crippen LogP contribution in [0, 0.1) is 11.3 Å². The van der Waals surface area contributed by atoms with Gasteiger partial charge < -0.3 is 24.8 Å². The van der Waals surface area contributed by atoms with Crippen LogP contribution in [0.1, 0.15) is 126 Å². The van der Waals surface area contributed by atoms with Crippen molar-refractivity contribution in [1.29, 1.82) is 0 Å². The standard InChI is InChI=1S/C21H26.C13H9.C13H21.2ClH.Zr/c1-20(2,3)18-11-7-16(8-12-18)15-17-9-13-19(14-10-17)21(4,5)6;1-3-7-12-10(5-1)9-11-6-2-4-8-13(11)12;1-6-10-8-11(7-2)12(9-10)13(3,4)5;;;/h7-14H,1-6H3;1-9H;9-10H,6-7H2,1-5H3;2*1H;/q;;;;;+2/p-2. The van der Waals surface area contributed by atoms with Crippen molar-refractivity contribution in [3.63, 3.8) is 0 Å². The van der Waals surface area contributed by atoms with E-state index in [1.54, 1.807) is 25.5 Å².